The molecule has 1 fully saturated rings. The highest BCUT2D eigenvalue weighted by Gasteiger charge is 2.44. The molecule has 0 aromatic rings. The summed E-state index contributed by atoms with van der Waals surface area (Å²) in [5, 5.41) is 40.2. The molecule has 0 saturated carbocycles. The lowest BCUT2D eigenvalue weighted by Crippen LogP contribution is -2.59. The summed E-state index contributed by atoms with van der Waals surface area (Å²) in [4.78, 5) is 25.4. The number of unbranched alkanes of at least 4 members (excludes halogenated alkanes) is 27. The van der Waals surface area contributed by atoms with Crippen molar-refractivity contribution in [2.24, 2.45) is 0 Å². The zero-order valence-electron chi connectivity index (χ0n) is 40.1. The summed E-state index contributed by atoms with van der Waals surface area (Å²) in [6.07, 6.45) is 45.5. The fourth-order valence-corrected chi connectivity index (χ4v) is 7.79. The van der Waals surface area contributed by atoms with Gasteiger partial charge in [0.05, 0.1) is 13.2 Å². The SMILES string of the molecule is CC/C=C/C=C/C=C/C=C/CCCCCCCC(=O)OC[C@H](CO[C@@H]1O[C@H](CO)[C@H](O)C(O)C1O)OC(=O)CCCCCCCCCCCCCCCCCCCCCCCCC. The largest absolute Gasteiger partial charge is 0.462 e. The molecule has 1 aliphatic heterocycles. The van der Waals surface area contributed by atoms with E-state index in [1.807, 2.05) is 30.4 Å². The molecular formula is C53H94O10. The molecule has 63 heavy (non-hydrogen) atoms. The van der Waals surface area contributed by atoms with E-state index in [2.05, 4.69) is 32.1 Å². The van der Waals surface area contributed by atoms with E-state index in [1.54, 1.807) is 0 Å². The number of rotatable bonds is 43. The van der Waals surface area contributed by atoms with Gasteiger partial charge in [-0.05, 0) is 32.1 Å². The van der Waals surface area contributed by atoms with E-state index in [9.17, 15) is 30.0 Å². The van der Waals surface area contributed by atoms with E-state index >= 15 is 0 Å². The minimum atomic E-state index is -1.60. The number of carbonyl (C=O) groups is 2. The van der Waals surface area contributed by atoms with Gasteiger partial charge in [0.2, 0.25) is 0 Å². The van der Waals surface area contributed by atoms with Gasteiger partial charge in [-0.25, -0.2) is 0 Å². The average Bonchev–Trinajstić information content (AvgIpc) is 3.28. The summed E-state index contributed by atoms with van der Waals surface area (Å²) in [6.45, 7) is 3.29. The quantitative estimate of drug-likeness (QED) is 0.0264. The molecule has 10 nitrogen and oxygen atoms in total. The molecule has 1 rings (SSSR count). The second-order valence-electron chi connectivity index (χ2n) is 17.7. The third-order valence-electron chi connectivity index (χ3n) is 11.8. The Morgan fingerprint density at radius 2 is 0.937 bits per heavy atom. The van der Waals surface area contributed by atoms with Crippen LogP contribution in [0.2, 0.25) is 0 Å². The number of aliphatic hydroxyl groups excluding tert-OH is 4. The van der Waals surface area contributed by atoms with Crippen molar-refractivity contribution in [1.82, 2.24) is 0 Å². The molecule has 10 heteroatoms. The van der Waals surface area contributed by atoms with Gasteiger partial charge >= 0.3 is 11.9 Å². The van der Waals surface area contributed by atoms with Crippen LogP contribution in [-0.4, -0.2) is 89.0 Å². The Morgan fingerprint density at radius 3 is 1.41 bits per heavy atom. The number of hydrogen-bond donors (Lipinski definition) is 4. The van der Waals surface area contributed by atoms with Gasteiger partial charge in [0.1, 0.15) is 31.0 Å². The first-order chi connectivity index (χ1) is 30.8. The van der Waals surface area contributed by atoms with Crippen LogP contribution in [0.15, 0.2) is 48.6 Å². The number of esters is 2. The molecule has 0 spiro atoms. The molecule has 0 amide bonds. The van der Waals surface area contributed by atoms with Crippen molar-refractivity contribution in [2.75, 3.05) is 19.8 Å². The summed E-state index contributed by atoms with van der Waals surface area (Å²) in [5.74, 6) is -0.827. The van der Waals surface area contributed by atoms with E-state index in [1.165, 1.54) is 122 Å². The van der Waals surface area contributed by atoms with Crippen molar-refractivity contribution in [3.63, 3.8) is 0 Å². The Bertz CT molecular complexity index is 1170. The van der Waals surface area contributed by atoms with Crippen molar-refractivity contribution in [3.05, 3.63) is 48.6 Å². The fourth-order valence-electron chi connectivity index (χ4n) is 7.79. The number of aliphatic hydroxyl groups is 4. The lowest BCUT2D eigenvalue weighted by molar-refractivity contribution is -0.305. The standard InChI is InChI=1S/C53H94O10/c1-3-5-7-9-11-13-15-17-19-20-21-22-23-24-25-26-28-30-32-34-36-38-40-42-49(56)62-46(45-61-53-52(59)51(58)50(57)47(43-54)63-53)44-60-48(55)41-39-37-35-33-31-29-27-18-16-14-12-10-8-6-4-2/h6,8,10,12,14,16,18,27,46-47,50-54,57-59H,3-5,7,9,11,13,15,17,19-26,28-45H2,1-2H3/b8-6+,12-10+,16-14+,27-18+/t46-,47-,50+,51?,52?,53-/m1/s1. The summed E-state index contributed by atoms with van der Waals surface area (Å²) in [6, 6.07) is 0. The molecule has 0 radical (unpaired) electrons. The highest BCUT2D eigenvalue weighted by atomic mass is 16.7. The molecule has 1 aliphatic rings. The van der Waals surface area contributed by atoms with Gasteiger partial charge in [-0.1, -0.05) is 223 Å². The molecule has 0 bridgehead atoms. The highest BCUT2D eigenvalue weighted by Crippen LogP contribution is 2.23. The predicted octanol–water partition coefficient (Wildman–Crippen LogP) is 12.0. The van der Waals surface area contributed by atoms with Crippen LogP contribution in [0.1, 0.15) is 219 Å². The van der Waals surface area contributed by atoms with Gasteiger partial charge in [-0.2, -0.15) is 0 Å². The zero-order valence-corrected chi connectivity index (χ0v) is 40.1. The Balaban J connectivity index is 2.24. The second-order valence-corrected chi connectivity index (χ2v) is 17.7. The van der Waals surface area contributed by atoms with Crippen LogP contribution in [0.3, 0.4) is 0 Å². The maximum absolute atomic E-state index is 12.8. The van der Waals surface area contributed by atoms with Crippen LogP contribution in [0.4, 0.5) is 0 Å². The van der Waals surface area contributed by atoms with Gasteiger partial charge in [0.25, 0.3) is 0 Å². The summed E-state index contributed by atoms with van der Waals surface area (Å²) in [7, 11) is 0. The summed E-state index contributed by atoms with van der Waals surface area (Å²) >= 11 is 0. The normalized spacial score (nSPS) is 19.9. The second kappa shape index (κ2) is 43.5. The molecule has 6 atom stereocenters. The molecule has 2 unspecified atom stereocenters. The predicted molar refractivity (Wildman–Crippen MR) is 256 cm³/mol. The summed E-state index contributed by atoms with van der Waals surface area (Å²) < 4.78 is 22.2. The van der Waals surface area contributed by atoms with Crippen molar-refractivity contribution in [1.29, 1.82) is 0 Å². The number of allylic oxidation sites excluding steroid dienone is 8. The topological polar surface area (TPSA) is 152 Å². The Hall–Kier alpha value is -2.34. The molecule has 366 valence electrons. The minimum Gasteiger partial charge on any atom is -0.462 e. The Labute approximate surface area is 384 Å². The van der Waals surface area contributed by atoms with Crippen molar-refractivity contribution in [3.8, 4) is 0 Å². The van der Waals surface area contributed by atoms with E-state index in [0.717, 1.165) is 57.8 Å². The average molecular weight is 891 g/mol. The lowest BCUT2D eigenvalue weighted by Gasteiger charge is -2.39. The molecule has 0 aromatic carbocycles. The molecule has 4 N–H and O–H groups in total. The van der Waals surface area contributed by atoms with Crippen molar-refractivity contribution >= 4 is 11.9 Å². The van der Waals surface area contributed by atoms with Gasteiger partial charge in [-0.15, -0.1) is 0 Å². The van der Waals surface area contributed by atoms with Crippen LogP contribution in [0, 0.1) is 0 Å². The van der Waals surface area contributed by atoms with Gasteiger partial charge in [0, 0.05) is 12.8 Å². The minimum absolute atomic E-state index is 0.227. The summed E-state index contributed by atoms with van der Waals surface area (Å²) in [5.41, 5.74) is 0. The van der Waals surface area contributed by atoms with E-state index in [-0.39, 0.29) is 26.1 Å². The zero-order chi connectivity index (χ0) is 45.9. The molecular weight excluding hydrogens is 797 g/mol. The number of hydrogen-bond acceptors (Lipinski definition) is 10. The third kappa shape index (κ3) is 34.6. The first kappa shape index (κ1) is 58.7. The van der Waals surface area contributed by atoms with Gasteiger partial charge < -0.3 is 39.4 Å². The maximum atomic E-state index is 12.8. The monoisotopic (exact) mass is 891 g/mol. The molecule has 0 aromatic heterocycles. The van der Waals surface area contributed by atoms with Gasteiger partial charge in [-0.3, -0.25) is 9.59 Å². The Morgan fingerprint density at radius 1 is 0.508 bits per heavy atom. The third-order valence-corrected chi connectivity index (χ3v) is 11.8. The maximum Gasteiger partial charge on any atom is 0.306 e. The van der Waals surface area contributed by atoms with E-state index < -0.39 is 55.4 Å². The van der Waals surface area contributed by atoms with Crippen LogP contribution in [-0.2, 0) is 28.5 Å². The first-order valence-corrected chi connectivity index (χ1v) is 25.8. The van der Waals surface area contributed by atoms with Crippen LogP contribution in [0.25, 0.3) is 0 Å². The van der Waals surface area contributed by atoms with Crippen molar-refractivity contribution < 1.29 is 49.0 Å². The van der Waals surface area contributed by atoms with E-state index in [0.29, 0.717) is 12.8 Å². The van der Waals surface area contributed by atoms with Crippen LogP contribution < -0.4 is 0 Å². The highest BCUT2D eigenvalue weighted by molar-refractivity contribution is 5.70. The van der Waals surface area contributed by atoms with Crippen LogP contribution in [0.5, 0.6) is 0 Å². The van der Waals surface area contributed by atoms with Crippen molar-refractivity contribution in [2.45, 2.75) is 256 Å². The smallest absolute Gasteiger partial charge is 0.306 e. The van der Waals surface area contributed by atoms with Crippen LogP contribution >= 0.6 is 0 Å². The van der Waals surface area contributed by atoms with Gasteiger partial charge in [0.15, 0.2) is 12.4 Å². The number of ether oxygens (including phenoxy) is 4. The first-order valence-electron chi connectivity index (χ1n) is 25.8. The lowest BCUT2D eigenvalue weighted by atomic mass is 9.99. The molecule has 1 saturated heterocycles. The fraction of sp³-hybridized carbons (Fsp3) is 0.811. The van der Waals surface area contributed by atoms with E-state index in [4.69, 9.17) is 18.9 Å². The Kier molecular flexibility index (Phi) is 40.6. The number of carbonyl (C=O) groups excluding carboxylic acids is 2. The molecule has 0 aliphatic carbocycles. The molecule has 1 heterocycles.